The molecule has 0 saturated carbocycles. The topological polar surface area (TPSA) is 43.2 Å². The average molecular weight is 252 g/mol. The third kappa shape index (κ3) is 3.09. The predicted molar refractivity (Wildman–Crippen MR) is 70.3 cm³/mol. The molecule has 0 bridgehead atoms. The zero-order valence-electron chi connectivity index (χ0n) is 11.7. The molecule has 1 aliphatic rings. The van der Waals surface area contributed by atoms with Gasteiger partial charge in [0.2, 0.25) is 0 Å². The Kier molecular flexibility index (Phi) is 4.72. The molecule has 0 unspecified atom stereocenters. The average Bonchev–Trinajstić information content (AvgIpc) is 2.93. The maximum Gasteiger partial charge on any atom is 0.150 e. The molecule has 5 heteroatoms. The molecule has 0 N–H and O–H groups in total. The number of hydrogen-bond donors (Lipinski definition) is 0. The fraction of sp³-hybridized carbons (Fsp3) is 0.846. The van der Waals surface area contributed by atoms with Crippen molar-refractivity contribution in [3.05, 3.63) is 12.2 Å². The lowest BCUT2D eigenvalue weighted by molar-refractivity contribution is 0.179. The smallest absolute Gasteiger partial charge is 0.150 e. The first-order chi connectivity index (χ1) is 8.72. The summed E-state index contributed by atoms with van der Waals surface area (Å²) in [6.07, 6.45) is 4.27. The van der Waals surface area contributed by atoms with Crippen molar-refractivity contribution in [2.45, 2.75) is 39.3 Å². The van der Waals surface area contributed by atoms with Crippen LogP contribution >= 0.6 is 0 Å². The first-order valence-electron chi connectivity index (χ1n) is 6.83. The first-order valence-corrected chi connectivity index (χ1v) is 6.83. The van der Waals surface area contributed by atoms with Crippen LogP contribution in [0.15, 0.2) is 6.33 Å². The summed E-state index contributed by atoms with van der Waals surface area (Å²) < 4.78 is 7.27. The molecular formula is C13H24N4O. The molecule has 2 rings (SSSR count). The van der Waals surface area contributed by atoms with Gasteiger partial charge in [0.1, 0.15) is 12.2 Å². The number of nitrogens with zero attached hydrogens (tertiary/aromatic N) is 4. The standard InChI is InChI=1S/C13H24N4O/c1-11(2)9-16-6-4-5-12(16)13-15-14-10-17(13)7-8-18-3/h10-12H,4-9H2,1-3H3/t12-/m0/s1. The number of rotatable bonds is 6. The summed E-state index contributed by atoms with van der Waals surface area (Å²) in [4.78, 5) is 2.54. The minimum Gasteiger partial charge on any atom is -0.383 e. The van der Waals surface area contributed by atoms with E-state index < -0.39 is 0 Å². The fourth-order valence-electron chi connectivity index (χ4n) is 2.69. The Morgan fingerprint density at radius 2 is 2.33 bits per heavy atom. The van der Waals surface area contributed by atoms with Crippen molar-refractivity contribution in [2.75, 3.05) is 26.8 Å². The highest BCUT2D eigenvalue weighted by molar-refractivity contribution is 4.99. The molecule has 1 aliphatic heterocycles. The van der Waals surface area contributed by atoms with Gasteiger partial charge in [0.15, 0.2) is 0 Å². The van der Waals surface area contributed by atoms with E-state index in [4.69, 9.17) is 4.74 Å². The minimum atomic E-state index is 0.437. The maximum absolute atomic E-state index is 5.13. The van der Waals surface area contributed by atoms with Gasteiger partial charge in [-0.2, -0.15) is 0 Å². The lowest BCUT2D eigenvalue weighted by Crippen LogP contribution is -2.29. The summed E-state index contributed by atoms with van der Waals surface area (Å²) in [6, 6.07) is 0.437. The number of hydrogen-bond acceptors (Lipinski definition) is 4. The fourth-order valence-corrected chi connectivity index (χ4v) is 2.69. The molecule has 1 saturated heterocycles. The van der Waals surface area contributed by atoms with Crippen LogP contribution in [-0.4, -0.2) is 46.5 Å². The highest BCUT2D eigenvalue weighted by atomic mass is 16.5. The van der Waals surface area contributed by atoms with Crippen LogP contribution < -0.4 is 0 Å². The van der Waals surface area contributed by atoms with Gasteiger partial charge in [0.25, 0.3) is 0 Å². The molecule has 18 heavy (non-hydrogen) atoms. The Morgan fingerprint density at radius 1 is 1.50 bits per heavy atom. The Bertz CT molecular complexity index is 364. The van der Waals surface area contributed by atoms with Crippen molar-refractivity contribution in [1.82, 2.24) is 19.7 Å². The molecule has 102 valence electrons. The first kappa shape index (κ1) is 13.5. The SMILES string of the molecule is COCCn1cnnc1[C@@H]1CCCN1CC(C)C. The second-order valence-electron chi connectivity index (χ2n) is 5.42. The van der Waals surface area contributed by atoms with Crippen LogP contribution in [0.2, 0.25) is 0 Å². The lowest BCUT2D eigenvalue weighted by Gasteiger charge is -2.25. The van der Waals surface area contributed by atoms with Crippen LogP contribution in [0.5, 0.6) is 0 Å². The van der Waals surface area contributed by atoms with Gasteiger partial charge in [-0.3, -0.25) is 4.90 Å². The Morgan fingerprint density at radius 3 is 3.06 bits per heavy atom. The van der Waals surface area contributed by atoms with Gasteiger partial charge < -0.3 is 9.30 Å². The van der Waals surface area contributed by atoms with Crippen molar-refractivity contribution >= 4 is 0 Å². The van der Waals surface area contributed by atoms with Crippen molar-refractivity contribution in [3.8, 4) is 0 Å². The second-order valence-corrected chi connectivity index (χ2v) is 5.42. The van der Waals surface area contributed by atoms with Gasteiger partial charge in [0.05, 0.1) is 12.6 Å². The van der Waals surface area contributed by atoms with E-state index in [0.29, 0.717) is 18.6 Å². The van der Waals surface area contributed by atoms with Gasteiger partial charge >= 0.3 is 0 Å². The summed E-state index contributed by atoms with van der Waals surface area (Å²) in [5.74, 6) is 1.80. The third-order valence-electron chi connectivity index (χ3n) is 3.44. The third-order valence-corrected chi connectivity index (χ3v) is 3.44. The molecule has 1 aromatic heterocycles. The molecule has 1 fully saturated rings. The van der Waals surface area contributed by atoms with Gasteiger partial charge in [-0.1, -0.05) is 13.8 Å². The number of ether oxygens (including phenoxy) is 1. The summed E-state index contributed by atoms with van der Waals surface area (Å²) in [6.45, 7) is 8.41. The van der Waals surface area contributed by atoms with E-state index in [-0.39, 0.29) is 0 Å². The molecule has 0 amide bonds. The second kappa shape index (κ2) is 6.29. The van der Waals surface area contributed by atoms with Crippen LogP contribution in [0.4, 0.5) is 0 Å². The zero-order chi connectivity index (χ0) is 13.0. The number of aromatic nitrogens is 3. The molecule has 0 aliphatic carbocycles. The highest BCUT2D eigenvalue weighted by Crippen LogP contribution is 2.31. The van der Waals surface area contributed by atoms with Crippen LogP contribution in [0.3, 0.4) is 0 Å². The van der Waals surface area contributed by atoms with E-state index in [1.165, 1.54) is 19.4 Å². The predicted octanol–water partition coefficient (Wildman–Crippen LogP) is 1.72. The Hall–Kier alpha value is -0.940. The molecule has 0 spiro atoms. The molecule has 2 heterocycles. The van der Waals surface area contributed by atoms with Crippen molar-refractivity contribution in [3.63, 3.8) is 0 Å². The van der Waals surface area contributed by atoms with Gasteiger partial charge in [0, 0.05) is 20.2 Å². The summed E-state index contributed by atoms with van der Waals surface area (Å²) >= 11 is 0. The summed E-state index contributed by atoms with van der Waals surface area (Å²) in [5.41, 5.74) is 0. The summed E-state index contributed by atoms with van der Waals surface area (Å²) in [7, 11) is 1.73. The minimum absolute atomic E-state index is 0.437. The van der Waals surface area contributed by atoms with Crippen LogP contribution in [0.25, 0.3) is 0 Å². The van der Waals surface area contributed by atoms with Crippen LogP contribution in [-0.2, 0) is 11.3 Å². The van der Waals surface area contributed by atoms with E-state index in [1.54, 1.807) is 7.11 Å². The van der Waals surface area contributed by atoms with Gasteiger partial charge in [-0.15, -0.1) is 10.2 Å². The van der Waals surface area contributed by atoms with E-state index in [2.05, 4.69) is 33.5 Å². The quantitative estimate of drug-likeness (QED) is 0.773. The van der Waals surface area contributed by atoms with E-state index in [0.717, 1.165) is 18.9 Å². The molecule has 5 nitrogen and oxygen atoms in total. The van der Waals surface area contributed by atoms with E-state index in [1.807, 2.05) is 6.33 Å². The highest BCUT2D eigenvalue weighted by Gasteiger charge is 2.29. The monoisotopic (exact) mass is 252 g/mol. The molecule has 0 aromatic carbocycles. The van der Waals surface area contributed by atoms with Crippen LogP contribution in [0, 0.1) is 5.92 Å². The normalized spacial score (nSPS) is 21.0. The van der Waals surface area contributed by atoms with Crippen LogP contribution in [0.1, 0.15) is 38.6 Å². The maximum atomic E-state index is 5.13. The largest absolute Gasteiger partial charge is 0.383 e. The van der Waals surface area contributed by atoms with Crippen molar-refractivity contribution in [2.24, 2.45) is 5.92 Å². The lowest BCUT2D eigenvalue weighted by atomic mass is 10.1. The van der Waals surface area contributed by atoms with E-state index >= 15 is 0 Å². The Labute approximate surface area is 109 Å². The molecule has 1 aromatic rings. The van der Waals surface area contributed by atoms with Crippen molar-refractivity contribution in [1.29, 1.82) is 0 Å². The Balaban J connectivity index is 2.07. The van der Waals surface area contributed by atoms with E-state index in [9.17, 15) is 0 Å². The molecular weight excluding hydrogens is 228 g/mol. The van der Waals surface area contributed by atoms with Crippen molar-refractivity contribution < 1.29 is 4.74 Å². The molecule has 1 atom stereocenters. The molecule has 0 radical (unpaired) electrons. The van der Waals surface area contributed by atoms with Gasteiger partial charge in [-0.25, -0.2) is 0 Å². The number of methoxy groups -OCH3 is 1. The summed E-state index contributed by atoms with van der Waals surface area (Å²) in [5, 5.41) is 8.39. The van der Waals surface area contributed by atoms with Gasteiger partial charge in [-0.05, 0) is 25.3 Å². The zero-order valence-corrected chi connectivity index (χ0v) is 11.7. The number of likely N-dealkylation sites (tertiary alicyclic amines) is 1.